The maximum absolute atomic E-state index is 12.4. The number of aliphatic hydroxyl groups excluding tert-OH is 1. The number of rotatable bonds is 4. The first-order chi connectivity index (χ1) is 10.6. The zero-order chi connectivity index (χ0) is 15.5. The molecule has 1 fully saturated rings. The summed E-state index contributed by atoms with van der Waals surface area (Å²) >= 11 is 0. The van der Waals surface area contributed by atoms with E-state index in [9.17, 15) is 9.90 Å². The molecule has 1 aromatic carbocycles. The summed E-state index contributed by atoms with van der Waals surface area (Å²) in [5.41, 5.74) is 2.21. The van der Waals surface area contributed by atoms with E-state index in [0.29, 0.717) is 24.7 Å². The smallest absolute Gasteiger partial charge is 0.220 e. The van der Waals surface area contributed by atoms with Crippen LogP contribution in [0.4, 0.5) is 0 Å². The van der Waals surface area contributed by atoms with Crippen molar-refractivity contribution in [1.82, 2.24) is 10.6 Å². The van der Waals surface area contributed by atoms with Crippen molar-refractivity contribution in [1.29, 1.82) is 0 Å². The zero-order valence-electron chi connectivity index (χ0n) is 13.6. The van der Waals surface area contributed by atoms with Gasteiger partial charge >= 0.3 is 0 Å². The minimum absolute atomic E-state index is 0. The fraction of sp³-hybridized carbons (Fsp3) is 0.611. The predicted molar refractivity (Wildman–Crippen MR) is 93.7 cm³/mol. The number of piperidine rings is 1. The fourth-order valence-electron chi connectivity index (χ4n) is 3.80. The third-order valence-electron chi connectivity index (χ3n) is 5.17. The second-order valence-corrected chi connectivity index (χ2v) is 6.80. The lowest BCUT2D eigenvalue weighted by Gasteiger charge is -2.28. The first-order valence-corrected chi connectivity index (χ1v) is 8.41. The van der Waals surface area contributed by atoms with Crippen LogP contribution in [-0.4, -0.2) is 30.2 Å². The van der Waals surface area contributed by atoms with Gasteiger partial charge in [0.15, 0.2) is 0 Å². The monoisotopic (exact) mass is 338 g/mol. The van der Waals surface area contributed by atoms with Crippen molar-refractivity contribution in [3.8, 4) is 0 Å². The van der Waals surface area contributed by atoms with Crippen LogP contribution in [0, 0.1) is 11.8 Å². The summed E-state index contributed by atoms with van der Waals surface area (Å²) in [5.74, 6) is 1.01. The van der Waals surface area contributed by atoms with E-state index in [4.69, 9.17) is 0 Å². The van der Waals surface area contributed by atoms with Crippen LogP contribution < -0.4 is 10.6 Å². The van der Waals surface area contributed by atoms with E-state index in [-0.39, 0.29) is 24.4 Å². The molecule has 1 aliphatic carbocycles. The van der Waals surface area contributed by atoms with E-state index in [2.05, 4.69) is 17.6 Å². The summed E-state index contributed by atoms with van der Waals surface area (Å²) in [4.78, 5) is 12.4. The Morgan fingerprint density at radius 3 is 2.96 bits per heavy atom. The highest BCUT2D eigenvalue weighted by Crippen LogP contribution is 2.31. The lowest BCUT2D eigenvalue weighted by atomic mass is 9.85. The Morgan fingerprint density at radius 2 is 2.22 bits per heavy atom. The summed E-state index contributed by atoms with van der Waals surface area (Å²) in [6, 6.07) is 7.73. The van der Waals surface area contributed by atoms with Crippen LogP contribution in [0.25, 0.3) is 0 Å². The second kappa shape index (κ2) is 8.13. The Balaban J connectivity index is 0.00000192. The lowest BCUT2D eigenvalue weighted by molar-refractivity contribution is -0.123. The predicted octanol–water partition coefficient (Wildman–Crippen LogP) is 2.21. The minimum atomic E-state index is -0.506. The van der Waals surface area contributed by atoms with Gasteiger partial charge in [-0.1, -0.05) is 31.2 Å². The van der Waals surface area contributed by atoms with E-state index in [0.717, 1.165) is 24.2 Å². The number of hydrogen-bond acceptors (Lipinski definition) is 3. The molecule has 23 heavy (non-hydrogen) atoms. The zero-order valence-corrected chi connectivity index (χ0v) is 14.4. The van der Waals surface area contributed by atoms with Gasteiger partial charge in [0.25, 0.3) is 0 Å². The number of benzene rings is 1. The van der Waals surface area contributed by atoms with Crippen molar-refractivity contribution < 1.29 is 9.90 Å². The fourth-order valence-corrected chi connectivity index (χ4v) is 3.80. The molecule has 0 radical (unpaired) electrons. The molecule has 4 nitrogen and oxygen atoms in total. The van der Waals surface area contributed by atoms with E-state index < -0.39 is 6.10 Å². The molecular weight excluding hydrogens is 312 g/mol. The highest BCUT2D eigenvalue weighted by Gasteiger charge is 2.32. The highest BCUT2D eigenvalue weighted by atomic mass is 35.5. The van der Waals surface area contributed by atoms with Crippen LogP contribution in [0.1, 0.15) is 43.4 Å². The van der Waals surface area contributed by atoms with E-state index in [1.165, 1.54) is 12.8 Å². The highest BCUT2D eigenvalue weighted by molar-refractivity contribution is 5.85. The third-order valence-corrected chi connectivity index (χ3v) is 5.17. The molecule has 4 atom stereocenters. The maximum Gasteiger partial charge on any atom is 0.220 e. The van der Waals surface area contributed by atoms with Gasteiger partial charge in [0, 0.05) is 12.8 Å². The van der Waals surface area contributed by atoms with Gasteiger partial charge in [-0.25, -0.2) is 0 Å². The third kappa shape index (κ3) is 4.25. The largest absolute Gasteiger partial charge is 0.390 e. The number of halogens is 1. The number of carbonyl (C=O) groups excluding carboxylic acids is 1. The second-order valence-electron chi connectivity index (χ2n) is 6.80. The van der Waals surface area contributed by atoms with Crippen molar-refractivity contribution >= 4 is 18.3 Å². The van der Waals surface area contributed by atoms with Crippen LogP contribution in [-0.2, 0) is 11.2 Å². The quantitative estimate of drug-likeness (QED) is 0.788. The Kier molecular flexibility index (Phi) is 6.45. The first kappa shape index (κ1) is 18.2. The molecule has 1 aliphatic heterocycles. The van der Waals surface area contributed by atoms with Crippen LogP contribution in [0.5, 0.6) is 0 Å². The molecule has 1 amide bonds. The molecule has 0 spiro atoms. The molecule has 3 N–H and O–H groups in total. The number of fused-ring (bicyclic) bond motifs is 1. The topological polar surface area (TPSA) is 61.4 Å². The molecule has 0 aromatic heterocycles. The molecule has 1 saturated heterocycles. The summed E-state index contributed by atoms with van der Waals surface area (Å²) in [5, 5.41) is 16.7. The lowest BCUT2D eigenvalue weighted by Crippen LogP contribution is -2.38. The van der Waals surface area contributed by atoms with E-state index in [1.807, 2.05) is 24.3 Å². The number of nitrogens with one attached hydrogen (secondary N) is 2. The van der Waals surface area contributed by atoms with Gasteiger partial charge < -0.3 is 15.7 Å². The van der Waals surface area contributed by atoms with Crippen LogP contribution in [0.15, 0.2) is 24.3 Å². The van der Waals surface area contributed by atoms with E-state index in [1.54, 1.807) is 0 Å². The Labute approximate surface area is 144 Å². The van der Waals surface area contributed by atoms with Crippen LogP contribution >= 0.6 is 12.4 Å². The molecule has 3 rings (SSSR count). The normalized spacial score (nSPS) is 27.7. The van der Waals surface area contributed by atoms with Crippen molar-refractivity contribution in [3.05, 3.63) is 35.4 Å². The molecule has 0 bridgehead atoms. The van der Waals surface area contributed by atoms with Gasteiger partial charge in [-0.3, -0.25) is 4.79 Å². The number of carbonyl (C=O) groups is 1. The molecule has 5 heteroatoms. The van der Waals surface area contributed by atoms with Gasteiger partial charge in [0.05, 0.1) is 12.1 Å². The average molecular weight is 339 g/mol. The molecule has 2 aliphatic rings. The molecule has 0 saturated carbocycles. The Morgan fingerprint density at radius 1 is 1.43 bits per heavy atom. The summed E-state index contributed by atoms with van der Waals surface area (Å²) in [7, 11) is 0. The summed E-state index contributed by atoms with van der Waals surface area (Å²) in [6.07, 6.45) is 3.07. The van der Waals surface area contributed by atoms with Gasteiger partial charge in [-0.05, 0) is 48.9 Å². The molecule has 1 aromatic rings. The standard InChI is InChI=1S/C18H26N2O2.ClH/c1-12(14-6-4-8-19-11-14)9-17(22)20-18-15-7-3-2-5-13(15)10-16(18)21;/h2-3,5,7,12,14,16,18-19,21H,4,6,8-11H2,1H3,(H,20,22);1H/t12?,14?,16-,18+;/m0./s1. The first-order valence-electron chi connectivity index (χ1n) is 8.41. The average Bonchev–Trinajstić information content (AvgIpc) is 2.84. The molecule has 1 heterocycles. The SMILES string of the molecule is CC(CC(=O)N[C@@H]1c2ccccc2C[C@@H]1O)C1CCCNC1.Cl. The summed E-state index contributed by atoms with van der Waals surface area (Å²) in [6.45, 7) is 4.28. The molecule has 128 valence electrons. The van der Waals surface area contributed by atoms with Crippen molar-refractivity contribution in [2.75, 3.05) is 13.1 Å². The van der Waals surface area contributed by atoms with Gasteiger partial charge in [-0.15, -0.1) is 12.4 Å². The van der Waals surface area contributed by atoms with Crippen molar-refractivity contribution in [2.45, 2.75) is 44.8 Å². The van der Waals surface area contributed by atoms with Crippen molar-refractivity contribution in [3.63, 3.8) is 0 Å². The number of amides is 1. The maximum atomic E-state index is 12.4. The van der Waals surface area contributed by atoms with Crippen LogP contribution in [0.2, 0.25) is 0 Å². The Hall–Kier alpha value is -1.10. The molecule has 2 unspecified atom stereocenters. The van der Waals surface area contributed by atoms with Crippen LogP contribution in [0.3, 0.4) is 0 Å². The Bertz CT molecular complexity index is 532. The van der Waals surface area contributed by atoms with Gasteiger partial charge in [-0.2, -0.15) is 0 Å². The van der Waals surface area contributed by atoms with Gasteiger partial charge in [0.1, 0.15) is 0 Å². The minimum Gasteiger partial charge on any atom is -0.390 e. The summed E-state index contributed by atoms with van der Waals surface area (Å²) < 4.78 is 0. The number of aliphatic hydroxyl groups is 1. The van der Waals surface area contributed by atoms with Crippen molar-refractivity contribution in [2.24, 2.45) is 11.8 Å². The van der Waals surface area contributed by atoms with Gasteiger partial charge in [0.2, 0.25) is 5.91 Å². The van der Waals surface area contributed by atoms with E-state index >= 15 is 0 Å². The molecular formula is C18H27ClN2O2. The number of hydrogen-bond donors (Lipinski definition) is 3.